The monoisotopic (exact) mass is 358 g/mol. The van der Waals surface area contributed by atoms with E-state index in [1.807, 2.05) is 30.3 Å². The van der Waals surface area contributed by atoms with E-state index in [2.05, 4.69) is 6.58 Å². The molecule has 1 aliphatic rings. The van der Waals surface area contributed by atoms with Gasteiger partial charge in [0, 0.05) is 5.75 Å². The van der Waals surface area contributed by atoms with Crippen LogP contribution in [-0.4, -0.2) is 39.6 Å². The minimum absolute atomic E-state index is 0.0530. The van der Waals surface area contributed by atoms with Gasteiger partial charge in [-0.05, 0) is 24.5 Å². The molecule has 0 saturated carbocycles. The summed E-state index contributed by atoms with van der Waals surface area (Å²) in [7, 11) is -4.13. The Morgan fingerprint density at radius 3 is 2.59 bits per heavy atom. The van der Waals surface area contributed by atoms with Gasteiger partial charge in [-0.2, -0.15) is 8.42 Å². The van der Waals surface area contributed by atoms with Gasteiger partial charge in [0.1, 0.15) is 0 Å². The zero-order valence-electron chi connectivity index (χ0n) is 12.2. The molecular weight excluding hydrogens is 340 g/mol. The SMILES string of the molecule is C=C(C)C(=O)C1CSC(Cc2ccccc2)(CS(=O)(=O)O)S1. The van der Waals surface area contributed by atoms with Gasteiger partial charge in [0.2, 0.25) is 0 Å². The molecule has 22 heavy (non-hydrogen) atoms. The maximum atomic E-state index is 12.1. The molecule has 2 unspecified atom stereocenters. The van der Waals surface area contributed by atoms with Crippen molar-refractivity contribution in [1.29, 1.82) is 0 Å². The normalized spacial score (nSPS) is 25.1. The summed E-state index contributed by atoms with van der Waals surface area (Å²) < 4.78 is 31.4. The first kappa shape index (κ1) is 17.6. The van der Waals surface area contributed by atoms with E-state index < -0.39 is 14.2 Å². The molecule has 7 heteroatoms. The summed E-state index contributed by atoms with van der Waals surface area (Å²) in [6.07, 6.45) is 0.475. The topological polar surface area (TPSA) is 71.4 Å². The predicted octanol–water partition coefficient (Wildman–Crippen LogP) is 2.81. The van der Waals surface area contributed by atoms with Crippen molar-refractivity contribution in [1.82, 2.24) is 0 Å². The van der Waals surface area contributed by atoms with Crippen molar-refractivity contribution >= 4 is 39.4 Å². The van der Waals surface area contributed by atoms with Crippen LogP contribution in [0.5, 0.6) is 0 Å². The molecule has 1 aromatic rings. The molecular formula is C15H18O4S3. The second-order valence-corrected chi connectivity index (χ2v) is 10.1. The fourth-order valence-corrected chi connectivity index (χ4v) is 7.77. The van der Waals surface area contributed by atoms with E-state index in [0.29, 0.717) is 17.7 Å². The van der Waals surface area contributed by atoms with Gasteiger partial charge >= 0.3 is 0 Å². The van der Waals surface area contributed by atoms with Crippen LogP contribution in [-0.2, 0) is 21.3 Å². The molecule has 1 aliphatic heterocycles. The zero-order chi connectivity index (χ0) is 16.4. The molecule has 0 aromatic heterocycles. The quantitative estimate of drug-likeness (QED) is 0.623. The van der Waals surface area contributed by atoms with E-state index in [-0.39, 0.29) is 16.8 Å². The second kappa shape index (κ2) is 6.78. The van der Waals surface area contributed by atoms with Crippen molar-refractivity contribution in [3.05, 3.63) is 48.0 Å². The molecule has 0 spiro atoms. The van der Waals surface area contributed by atoms with Crippen LogP contribution < -0.4 is 0 Å². The maximum absolute atomic E-state index is 12.1. The fraction of sp³-hybridized carbons (Fsp3) is 0.400. The second-order valence-electron chi connectivity index (χ2n) is 5.36. The average Bonchev–Trinajstić information content (AvgIpc) is 2.80. The van der Waals surface area contributed by atoms with E-state index in [0.717, 1.165) is 5.56 Å². The minimum Gasteiger partial charge on any atom is -0.293 e. The van der Waals surface area contributed by atoms with Gasteiger partial charge in [-0.15, -0.1) is 23.5 Å². The number of Topliss-reactive ketones (excluding diaryl/α,β-unsaturated/α-hetero) is 1. The first-order valence-electron chi connectivity index (χ1n) is 6.71. The van der Waals surface area contributed by atoms with E-state index in [1.54, 1.807) is 6.92 Å². The van der Waals surface area contributed by atoms with Gasteiger partial charge < -0.3 is 0 Å². The Balaban J connectivity index is 2.25. The molecule has 1 heterocycles. The van der Waals surface area contributed by atoms with E-state index in [1.165, 1.54) is 23.5 Å². The molecule has 1 N–H and O–H groups in total. The van der Waals surface area contributed by atoms with Crippen LogP contribution in [0.15, 0.2) is 42.5 Å². The number of carbonyl (C=O) groups excluding carboxylic acids is 1. The third kappa shape index (κ3) is 4.62. The number of allylic oxidation sites excluding steroid dienone is 1. The lowest BCUT2D eigenvalue weighted by Gasteiger charge is -2.26. The predicted molar refractivity (Wildman–Crippen MR) is 93.0 cm³/mol. The maximum Gasteiger partial charge on any atom is 0.267 e. The highest BCUT2D eigenvalue weighted by atomic mass is 32.2. The third-order valence-corrected chi connectivity index (χ3v) is 8.06. The smallest absolute Gasteiger partial charge is 0.267 e. The number of hydrogen-bond acceptors (Lipinski definition) is 5. The summed E-state index contributed by atoms with van der Waals surface area (Å²) in [6, 6.07) is 9.50. The lowest BCUT2D eigenvalue weighted by molar-refractivity contribution is -0.114. The Morgan fingerprint density at radius 2 is 2.05 bits per heavy atom. The molecule has 1 fully saturated rings. The van der Waals surface area contributed by atoms with E-state index in [4.69, 9.17) is 0 Å². The lowest BCUT2D eigenvalue weighted by atomic mass is 10.1. The van der Waals surface area contributed by atoms with Crippen LogP contribution >= 0.6 is 23.5 Å². The summed E-state index contributed by atoms with van der Waals surface area (Å²) in [4.78, 5) is 12.1. The van der Waals surface area contributed by atoms with Crippen molar-refractivity contribution in [2.75, 3.05) is 11.5 Å². The molecule has 120 valence electrons. The number of benzene rings is 1. The van der Waals surface area contributed by atoms with Crippen LogP contribution in [0.25, 0.3) is 0 Å². The molecule has 4 nitrogen and oxygen atoms in total. The Hall–Kier alpha value is -0.760. The summed E-state index contributed by atoms with van der Waals surface area (Å²) in [5, 5.41) is -0.312. The molecule has 0 radical (unpaired) electrons. The van der Waals surface area contributed by atoms with Crippen molar-refractivity contribution in [2.24, 2.45) is 0 Å². The van der Waals surface area contributed by atoms with E-state index >= 15 is 0 Å². The Kier molecular flexibility index (Phi) is 5.42. The van der Waals surface area contributed by atoms with Crippen molar-refractivity contribution in [3.63, 3.8) is 0 Å². The van der Waals surface area contributed by atoms with Crippen LogP contribution in [0.3, 0.4) is 0 Å². The van der Waals surface area contributed by atoms with Gasteiger partial charge in [-0.3, -0.25) is 9.35 Å². The number of carbonyl (C=O) groups is 1. The highest BCUT2D eigenvalue weighted by Crippen LogP contribution is 2.51. The molecule has 0 aliphatic carbocycles. The Morgan fingerprint density at radius 1 is 1.41 bits per heavy atom. The highest BCUT2D eigenvalue weighted by Gasteiger charge is 2.46. The number of ketones is 1. The summed E-state index contributed by atoms with van der Waals surface area (Å²) in [5.74, 6) is 0.103. The summed E-state index contributed by atoms with van der Waals surface area (Å²) >= 11 is 2.76. The number of hydrogen-bond donors (Lipinski definition) is 1. The molecule has 1 aromatic carbocycles. The Labute approximate surface area is 139 Å². The molecule has 1 saturated heterocycles. The van der Waals surface area contributed by atoms with Gasteiger partial charge in [0.25, 0.3) is 10.1 Å². The van der Waals surface area contributed by atoms with Crippen LogP contribution in [0.2, 0.25) is 0 Å². The highest BCUT2D eigenvalue weighted by molar-refractivity contribution is 8.22. The third-order valence-electron chi connectivity index (χ3n) is 3.29. The fourth-order valence-electron chi connectivity index (χ4n) is 2.36. The molecule has 0 amide bonds. The number of rotatable bonds is 6. The molecule has 2 rings (SSSR count). The van der Waals surface area contributed by atoms with Gasteiger partial charge in [-0.25, -0.2) is 0 Å². The number of thioether (sulfide) groups is 2. The largest absolute Gasteiger partial charge is 0.293 e. The molecule has 2 atom stereocenters. The van der Waals surface area contributed by atoms with Crippen LogP contribution in [0, 0.1) is 0 Å². The van der Waals surface area contributed by atoms with Crippen LogP contribution in [0.4, 0.5) is 0 Å². The lowest BCUT2D eigenvalue weighted by Crippen LogP contribution is -2.31. The van der Waals surface area contributed by atoms with Gasteiger partial charge in [0.15, 0.2) is 5.78 Å². The summed E-state index contributed by atoms with van der Waals surface area (Å²) in [6.45, 7) is 5.33. The van der Waals surface area contributed by atoms with Crippen molar-refractivity contribution < 1.29 is 17.8 Å². The van der Waals surface area contributed by atoms with Crippen molar-refractivity contribution in [2.45, 2.75) is 22.7 Å². The zero-order valence-corrected chi connectivity index (χ0v) is 14.6. The van der Waals surface area contributed by atoms with E-state index in [9.17, 15) is 17.8 Å². The van der Waals surface area contributed by atoms with Crippen LogP contribution in [0.1, 0.15) is 12.5 Å². The first-order chi connectivity index (χ1) is 10.2. The first-order valence-corrected chi connectivity index (χ1v) is 10.2. The summed E-state index contributed by atoms with van der Waals surface area (Å²) in [5.41, 5.74) is 1.45. The standard InChI is InChI=1S/C15H18O4S3/c1-11(2)14(16)13-9-20-15(21-13,10-22(17,18)19)8-12-6-4-3-5-7-12/h3-7,13H,1,8-10H2,2H3,(H,17,18,19). The van der Waals surface area contributed by atoms with Gasteiger partial charge in [0.05, 0.1) is 15.1 Å². The minimum atomic E-state index is -4.13. The van der Waals surface area contributed by atoms with Gasteiger partial charge in [-0.1, -0.05) is 36.9 Å². The van der Waals surface area contributed by atoms with Crippen molar-refractivity contribution in [3.8, 4) is 0 Å². The average molecular weight is 359 g/mol. The Bertz CT molecular complexity index is 669. The molecule has 0 bridgehead atoms.